The van der Waals surface area contributed by atoms with Gasteiger partial charge < -0.3 is 5.32 Å². The summed E-state index contributed by atoms with van der Waals surface area (Å²) >= 11 is 0. The van der Waals surface area contributed by atoms with Gasteiger partial charge >= 0.3 is 0 Å². The van der Waals surface area contributed by atoms with Crippen molar-refractivity contribution in [1.82, 2.24) is 5.32 Å². The molecule has 1 heteroatoms. The molecule has 0 saturated carbocycles. The van der Waals surface area contributed by atoms with Crippen LogP contribution in [0.4, 0.5) is 0 Å². The Bertz CT molecular complexity index is 447. The lowest BCUT2D eigenvalue weighted by atomic mass is 9.73. The zero-order chi connectivity index (χ0) is 11.2. The Hall–Kier alpha value is -1.08. The molecule has 2 aliphatic rings. The van der Waals surface area contributed by atoms with Crippen molar-refractivity contribution < 1.29 is 0 Å². The van der Waals surface area contributed by atoms with Gasteiger partial charge in [-0.2, -0.15) is 0 Å². The van der Waals surface area contributed by atoms with Gasteiger partial charge in [0.25, 0.3) is 0 Å². The maximum atomic E-state index is 3.63. The van der Waals surface area contributed by atoms with Crippen LogP contribution in [0.1, 0.15) is 30.9 Å². The van der Waals surface area contributed by atoms with Gasteiger partial charge in [-0.05, 0) is 50.3 Å². The van der Waals surface area contributed by atoms with Gasteiger partial charge in [-0.1, -0.05) is 35.9 Å². The fourth-order valence-electron chi connectivity index (χ4n) is 3.60. The number of hydrogen-bond acceptors (Lipinski definition) is 1. The van der Waals surface area contributed by atoms with E-state index in [1.807, 2.05) is 0 Å². The Balaban J connectivity index is 2.13. The lowest BCUT2D eigenvalue weighted by Gasteiger charge is -2.39. The lowest BCUT2D eigenvalue weighted by Crippen LogP contribution is -2.45. The molecule has 0 spiro atoms. The molecular formula is C15H19N. The molecule has 2 aliphatic carbocycles. The summed E-state index contributed by atoms with van der Waals surface area (Å²) in [5.41, 5.74) is 4.83. The fourth-order valence-corrected chi connectivity index (χ4v) is 3.60. The van der Waals surface area contributed by atoms with Crippen molar-refractivity contribution in [3.63, 3.8) is 0 Å². The van der Waals surface area contributed by atoms with Crippen LogP contribution in [-0.4, -0.2) is 7.05 Å². The zero-order valence-corrected chi connectivity index (χ0v) is 10.1. The molecule has 0 aromatic heterocycles. The Labute approximate surface area is 97.6 Å². The average Bonchev–Trinajstić information content (AvgIpc) is 2.64. The molecule has 16 heavy (non-hydrogen) atoms. The van der Waals surface area contributed by atoms with Crippen molar-refractivity contribution in [2.24, 2.45) is 5.92 Å². The van der Waals surface area contributed by atoms with Crippen LogP contribution in [0.15, 0.2) is 35.9 Å². The van der Waals surface area contributed by atoms with E-state index in [9.17, 15) is 0 Å². The second-order valence-corrected chi connectivity index (χ2v) is 5.24. The average molecular weight is 213 g/mol. The summed E-state index contributed by atoms with van der Waals surface area (Å²) < 4.78 is 0. The smallest absolute Gasteiger partial charge is 0.0507 e. The quantitative estimate of drug-likeness (QED) is 0.707. The van der Waals surface area contributed by atoms with E-state index in [1.165, 1.54) is 30.4 Å². The van der Waals surface area contributed by atoms with Gasteiger partial charge in [0.2, 0.25) is 0 Å². The Morgan fingerprint density at radius 3 is 2.94 bits per heavy atom. The highest BCUT2D eigenvalue weighted by molar-refractivity contribution is 5.43. The molecule has 2 unspecified atom stereocenters. The van der Waals surface area contributed by atoms with Gasteiger partial charge in [0, 0.05) is 0 Å². The Morgan fingerprint density at radius 2 is 2.12 bits per heavy atom. The minimum Gasteiger partial charge on any atom is -0.310 e. The van der Waals surface area contributed by atoms with Crippen LogP contribution in [-0.2, 0) is 12.0 Å². The molecule has 1 aromatic rings. The summed E-state index contributed by atoms with van der Waals surface area (Å²) in [6.07, 6.45) is 6.06. The highest BCUT2D eigenvalue weighted by Crippen LogP contribution is 2.49. The number of fused-ring (bicyclic) bond motifs is 3. The van der Waals surface area contributed by atoms with Gasteiger partial charge in [-0.15, -0.1) is 0 Å². The third kappa shape index (κ3) is 1.21. The SMILES string of the molecule is CNC12CC(C)=CCC1Cc1ccccc12. The minimum atomic E-state index is 0.218. The monoisotopic (exact) mass is 213 g/mol. The highest BCUT2D eigenvalue weighted by Gasteiger charge is 2.46. The first-order valence-corrected chi connectivity index (χ1v) is 6.19. The van der Waals surface area contributed by atoms with Crippen molar-refractivity contribution >= 4 is 0 Å². The van der Waals surface area contributed by atoms with Crippen LogP contribution in [0, 0.1) is 5.92 Å². The number of hydrogen-bond donors (Lipinski definition) is 1. The summed E-state index contributed by atoms with van der Waals surface area (Å²) in [5, 5.41) is 3.63. The van der Waals surface area contributed by atoms with E-state index in [4.69, 9.17) is 0 Å². The standard InChI is InChI=1S/C15H19N/c1-11-7-8-13-9-12-5-3-4-6-14(12)15(13,10-11)16-2/h3-7,13,16H,8-10H2,1-2H3. The molecule has 0 heterocycles. The van der Waals surface area contributed by atoms with Gasteiger partial charge in [0.1, 0.15) is 0 Å². The first kappa shape index (κ1) is 10.1. The summed E-state index contributed by atoms with van der Waals surface area (Å²) in [6, 6.07) is 8.94. The van der Waals surface area contributed by atoms with Crippen molar-refractivity contribution in [1.29, 1.82) is 0 Å². The molecule has 3 rings (SSSR count). The van der Waals surface area contributed by atoms with Crippen molar-refractivity contribution in [2.75, 3.05) is 7.05 Å². The van der Waals surface area contributed by atoms with Crippen molar-refractivity contribution in [2.45, 2.75) is 31.7 Å². The van der Waals surface area contributed by atoms with Crippen LogP contribution < -0.4 is 5.32 Å². The molecule has 0 saturated heterocycles. The summed E-state index contributed by atoms with van der Waals surface area (Å²) in [4.78, 5) is 0. The van der Waals surface area contributed by atoms with Gasteiger partial charge in [-0.25, -0.2) is 0 Å². The number of rotatable bonds is 1. The minimum absolute atomic E-state index is 0.218. The van der Waals surface area contributed by atoms with Crippen molar-refractivity contribution in [3.05, 3.63) is 47.0 Å². The summed E-state index contributed by atoms with van der Waals surface area (Å²) in [6.45, 7) is 2.26. The third-order valence-electron chi connectivity index (χ3n) is 4.42. The largest absolute Gasteiger partial charge is 0.310 e. The molecule has 1 N–H and O–H groups in total. The molecule has 84 valence electrons. The maximum Gasteiger partial charge on any atom is 0.0507 e. The number of nitrogens with one attached hydrogen (secondary N) is 1. The first-order chi connectivity index (χ1) is 7.76. The van der Waals surface area contributed by atoms with E-state index in [1.54, 1.807) is 5.56 Å². The van der Waals surface area contributed by atoms with E-state index in [2.05, 4.69) is 49.6 Å². The van der Waals surface area contributed by atoms with Crippen LogP contribution in [0.3, 0.4) is 0 Å². The molecule has 0 aliphatic heterocycles. The molecular weight excluding hydrogens is 194 g/mol. The van der Waals surface area contributed by atoms with Crippen LogP contribution >= 0.6 is 0 Å². The van der Waals surface area contributed by atoms with Crippen LogP contribution in [0.25, 0.3) is 0 Å². The molecule has 0 amide bonds. The van der Waals surface area contributed by atoms with Gasteiger partial charge in [0.15, 0.2) is 0 Å². The second kappa shape index (κ2) is 3.46. The molecule has 0 bridgehead atoms. The molecule has 0 fully saturated rings. The first-order valence-electron chi connectivity index (χ1n) is 6.19. The normalized spacial score (nSPS) is 31.9. The van der Waals surface area contributed by atoms with E-state index in [-0.39, 0.29) is 5.54 Å². The fraction of sp³-hybridized carbons (Fsp3) is 0.467. The highest BCUT2D eigenvalue weighted by atomic mass is 15.0. The molecule has 1 aromatic carbocycles. The molecule has 0 radical (unpaired) electrons. The van der Waals surface area contributed by atoms with E-state index >= 15 is 0 Å². The zero-order valence-electron chi connectivity index (χ0n) is 10.1. The van der Waals surface area contributed by atoms with E-state index in [0.717, 1.165) is 5.92 Å². The maximum absolute atomic E-state index is 3.63. The Kier molecular flexibility index (Phi) is 2.18. The summed E-state index contributed by atoms with van der Waals surface area (Å²) in [5.74, 6) is 0.749. The number of allylic oxidation sites excluding steroid dienone is 1. The lowest BCUT2D eigenvalue weighted by molar-refractivity contribution is 0.232. The third-order valence-corrected chi connectivity index (χ3v) is 4.42. The van der Waals surface area contributed by atoms with E-state index < -0.39 is 0 Å². The summed E-state index contributed by atoms with van der Waals surface area (Å²) in [7, 11) is 2.12. The topological polar surface area (TPSA) is 12.0 Å². The number of benzene rings is 1. The van der Waals surface area contributed by atoms with Gasteiger partial charge in [0.05, 0.1) is 5.54 Å². The molecule has 2 atom stereocenters. The van der Waals surface area contributed by atoms with Crippen LogP contribution in [0.5, 0.6) is 0 Å². The molecule has 1 nitrogen and oxygen atoms in total. The second-order valence-electron chi connectivity index (χ2n) is 5.24. The van der Waals surface area contributed by atoms with E-state index in [0.29, 0.717) is 0 Å². The van der Waals surface area contributed by atoms with Crippen molar-refractivity contribution in [3.8, 4) is 0 Å². The van der Waals surface area contributed by atoms with Crippen LogP contribution in [0.2, 0.25) is 0 Å². The van der Waals surface area contributed by atoms with Gasteiger partial charge in [-0.3, -0.25) is 0 Å². The predicted octanol–water partition coefficient (Wildman–Crippen LogP) is 3.01. The predicted molar refractivity (Wildman–Crippen MR) is 67.4 cm³/mol. The Morgan fingerprint density at radius 1 is 1.31 bits per heavy atom.